The molecule has 1 aromatic carbocycles. The molecule has 1 aromatic heterocycles. The third-order valence-corrected chi connectivity index (χ3v) is 2.95. The number of carboxylic acids is 1. The topological polar surface area (TPSA) is 106 Å². The SMILES string of the molecule is Cc1cc(NC(=O)N(C)c2ccc(O)cc2)c(C(=O)O)[nH]1. The van der Waals surface area contributed by atoms with Crippen molar-refractivity contribution in [3.05, 3.63) is 41.7 Å². The fraction of sp³-hybridized carbons (Fsp3) is 0.143. The Morgan fingerprint density at radius 3 is 2.43 bits per heavy atom. The van der Waals surface area contributed by atoms with Gasteiger partial charge in [-0.15, -0.1) is 0 Å². The molecule has 110 valence electrons. The number of aromatic carboxylic acids is 1. The number of phenolic OH excluding ortho intramolecular Hbond substituents is 1. The molecule has 0 spiro atoms. The molecule has 21 heavy (non-hydrogen) atoms. The smallest absolute Gasteiger partial charge is 0.354 e. The highest BCUT2D eigenvalue weighted by Crippen LogP contribution is 2.20. The van der Waals surface area contributed by atoms with Gasteiger partial charge in [-0.25, -0.2) is 9.59 Å². The average molecular weight is 289 g/mol. The molecule has 0 bridgehead atoms. The number of nitrogens with zero attached hydrogens (tertiary/aromatic N) is 1. The maximum absolute atomic E-state index is 12.1. The number of aromatic hydroxyl groups is 1. The molecule has 7 nitrogen and oxygen atoms in total. The van der Waals surface area contributed by atoms with Crippen LogP contribution in [0.1, 0.15) is 16.2 Å². The van der Waals surface area contributed by atoms with Gasteiger partial charge < -0.3 is 20.5 Å². The van der Waals surface area contributed by atoms with Gasteiger partial charge in [0.1, 0.15) is 11.4 Å². The number of carboxylic acid groups (broad SMARTS) is 1. The first-order valence-electron chi connectivity index (χ1n) is 6.15. The molecule has 0 fully saturated rings. The maximum Gasteiger partial charge on any atom is 0.354 e. The Balaban J connectivity index is 2.18. The second-order valence-electron chi connectivity index (χ2n) is 4.55. The van der Waals surface area contributed by atoms with Crippen LogP contribution in [0.4, 0.5) is 16.2 Å². The summed E-state index contributed by atoms with van der Waals surface area (Å²) in [6.45, 7) is 1.70. The van der Waals surface area contributed by atoms with E-state index >= 15 is 0 Å². The van der Waals surface area contributed by atoms with Gasteiger partial charge >= 0.3 is 12.0 Å². The zero-order valence-electron chi connectivity index (χ0n) is 11.5. The lowest BCUT2D eigenvalue weighted by Gasteiger charge is -2.18. The van der Waals surface area contributed by atoms with Crippen LogP contribution in [-0.4, -0.2) is 34.2 Å². The van der Waals surface area contributed by atoms with Crippen LogP contribution in [0.15, 0.2) is 30.3 Å². The molecular formula is C14H15N3O4. The zero-order chi connectivity index (χ0) is 15.6. The molecule has 0 saturated heterocycles. The van der Waals surface area contributed by atoms with Gasteiger partial charge in [0.25, 0.3) is 0 Å². The molecule has 0 saturated carbocycles. The molecule has 0 unspecified atom stereocenters. The zero-order valence-corrected chi connectivity index (χ0v) is 11.5. The van der Waals surface area contributed by atoms with Crippen molar-refractivity contribution in [2.45, 2.75) is 6.92 Å². The van der Waals surface area contributed by atoms with Gasteiger partial charge in [0.15, 0.2) is 0 Å². The molecule has 1 heterocycles. The predicted molar refractivity (Wildman–Crippen MR) is 78.0 cm³/mol. The number of aryl methyl sites for hydroxylation is 1. The molecule has 0 aliphatic heterocycles. The van der Waals surface area contributed by atoms with E-state index in [1.165, 1.54) is 17.0 Å². The van der Waals surface area contributed by atoms with Gasteiger partial charge in [-0.2, -0.15) is 0 Å². The van der Waals surface area contributed by atoms with Crippen LogP contribution >= 0.6 is 0 Å². The Bertz CT molecular complexity index is 676. The second-order valence-corrected chi connectivity index (χ2v) is 4.55. The largest absolute Gasteiger partial charge is 0.508 e. The second kappa shape index (κ2) is 5.58. The maximum atomic E-state index is 12.1. The number of hydrogen-bond donors (Lipinski definition) is 4. The summed E-state index contributed by atoms with van der Waals surface area (Å²) in [5, 5.41) is 20.8. The lowest BCUT2D eigenvalue weighted by molar-refractivity contribution is 0.0692. The van der Waals surface area contributed by atoms with Crippen LogP contribution in [0, 0.1) is 6.92 Å². The molecule has 2 rings (SSSR count). The Hall–Kier alpha value is -2.96. The summed E-state index contributed by atoms with van der Waals surface area (Å²) in [5.74, 6) is -1.05. The Morgan fingerprint density at radius 2 is 1.86 bits per heavy atom. The van der Waals surface area contributed by atoms with Crippen molar-refractivity contribution in [2.75, 3.05) is 17.3 Å². The summed E-state index contributed by atoms with van der Waals surface area (Å²) in [5.41, 5.74) is 1.33. The van der Waals surface area contributed by atoms with Crippen molar-refractivity contribution in [1.29, 1.82) is 0 Å². The minimum absolute atomic E-state index is 0.0695. The number of rotatable bonds is 3. The van der Waals surface area contributed by atoms with Gasteiger partial charge in [-0.3, -0.25) is 4.90 Å². The third-order valence-electron chi connectivity index (χ3n) is 2.95. The van der Waals surface area contributed by atoms with E-state index in [0.717, 1.165) is 0 Å². The number of amides is 2. The lowest BCUT2D eigenvalue weighted by Crippen LogP contribution is -2.31. The van der Waals surface area contributed by atoms with Gasteiger partial charge in [-0.1, -0.05) is 0 Å². The van der Waals surface area contributed by atoms with Crippen molar-refractivity contribution in [3.63, 3.8) is 0 Å². The van der Waals surface area contributed by atoms with Crippen molar-refractivity contribution in [1.82, 2.24) is 4.98 Å². The number of urea groups is 1. The average Bonchev–Trinajstić information content (AvgIpc) is 2.80. The van der Waals surface area contributed by atoms with E-state index in [2.05, 4.69) is 10.3 Å². The number of benzene rings is 1. The van der Waals surface area contributed by atoms with Crippen molar-refractivity contribution in [3.8, 4) is 5.75 Å². The standard InChI is InChI=1S/C14H15N3O4/c1-8-7-11(12(15-8)13(19)20)16-14(21)17(2)9-3-5-10(18)6-4-9/h3-7,15,18H,1-2H3,(H,16,21)(H,19,20). The lowest BCUT2D eigenvalue weighted by atomic mass is 10.3. The molecule has 4 N–H and O–H groups in total. The fourth-order valence-electron chi connectivity index (χ4n) is 1.85. The van der Waals surface area contributed by atoms with E-state index < -0.39 is 12.0 Å². The predicted octanol–water partition coefficient (Wildman–Crippen LogP) is 2.40. The summed E-state index contributed by atoms with van der Waals surface area (Å²) < 4.78 is 0. The van der Waals surface area contributed by atoms with E-state index in [0.29, 0.717) is 11.4 Å². The van der Waals surface area contributed by atoms with E-state index in [9.17, 15) is 14.7 Å². The summed E-state index contributed by atoms with van der Waals surface area (Å²) >= 11 is 0. The van der Waals surface area contributed by atoms with Crippen LogP contribution in [-0.2, 0) is 0 Å². The number of phenols is 1. The van der Waals surface area contributed by atoms with Crippen LogP contribution < -0.4 is 10.2 Å². The molecular weight excluding hydrogens is 274 g/mol. The number of aromatic amines is 1. The van der Waals surface area contributed by atoms with Crippen LogP contribution in [0.2, 0.25) is 0 Å². The first-order valence-corrected chi connectivity index (χ1v) is 6.15. The summed E-state index contributed by atoms with van der Waals surface area (Å²) in [4.78, 5) is 27.2. The van der Waals surface area contributed by atoms with Gasteiger partial charge in [0.05, 0.1) is 5.69 Å². The van der Waals surface area contributed by atoms with Gasteiger partial charge in [-0.05, 0) is 37.3 Å². The highest BCUT2D eigenvalue weighted by atomic mass is 16.4. The van der Waals surface area contributed by atoms with Crippen LogP contribution in [0.25, 0.3) is 0 Å². The highest BCUT2D eigenvalue weighted by molar-refractivity contribution is 6.05. The number of carbonyl (C=O) groups is 2. The number of H-pyrrole nitrogens is 1. The number of aromatic nitrogens is 1. The summed E-state index contributed by atoms with van der Waals surface area (Å²) in [6, 6.07) is 7.14. The fourth-order valence-corrected chi connectivity index (χ4v) is 1.85. The minimum Gasteiger partial charge on any atom is -0.508 e. The van der Waals surface area contributed by atoms with Crippen molar-refractivity contribution >= 4 is 23.4 Å². The molecule has 7 heteroatoms. The summed E-state index contributed by atoms with van der Waals surface area (Å²) in [7, 11) is 1.54. The minimum atomic E-state index is -1.15. The third kappa shape index (κ3) is 3.14. The van der Waals surface area contributed by atoms with Crippen LogP contribution in [0.3, 0.4) is 0 Å². The van der Waals surface area contributed by atoms with Crippen molar-refractivity contribution in [2.24, 2.45) is 0 Å². The molecule has 0 aliphatic carbocycles. The first kappa shape index (κ1) is 14.4. The van der Waals surface area contributed by atoms with Crippen LogP contribution in [0.5, 0.6) is 5.75 Å². The highest BCUT2D eigenvalue weighted by Gasteiger charge is 2.18. The molecule has 0 atom stereocenters. The quantitative estimate of drug-likeness (QED) is 0.696. The van der Waals surface area contributed by atoms with E-state index in [4.69, 9.17) is 5.11 Å². The van der Waals surface area contributed by atoms with Crippen molar-refractivity contribution < 1.29 is 19.8 Å². The number of carbonyl (C=O) groups excluding carboxylic acids is 1. The number of anilines is 2. The monoisotopic (exact) mass is 289 g/mol. The van der Waals surface area contributed by atoms with Gasteiger partial charge in [0, 0.05) is 18.4 Å². The number of hydrogen-bond acceptors (Lipinski definition) is 3. The first-order chi connectivity index (χ1) is 9.88. The van der Waals surface area contributed by atoms with E-state index in [-0.39, 0.29) is 17.1 Å². The summed E-state index contributed by atoms with van der Waals surface area (Å²) in [6.07, 6.45) is 0. The molecule has 2 aromatic rings. The molecule has 0 radical (unpaired) electrons. The van der Waals surface area contributed by atoms with Gasteiger partial charge in [0.2, 0.25) is 0 Å². The van der Waals surface area contributed by atoms with E-state index in [1.54, 1.807) is 32.2 Å². The Morgan fingerprint density at radius 1 is 1.24 bits per heavy atom. The number of nitrogens with one attached hydrogen (secondary N) is 2. The van der Waals surface area contributed by atoms with E-state index in [1.807, 2.05) is 0 Å². The Labute approximate surface area is 120 Å². The molecule has 2 amide bonds. The Kier molecular flexibility index (Phi) is 3.84. The normalized spacial score (nSPS) is 10.2. The molecule has 0 aliphatic rings.